The van der Waals surface area contributed by atoms with Crippen molar-refractivity contribution < 1.29 is 28.4 Å². The highest BCUT2D eigenvalue weighted by atomic mass is 16.5. The van der Waals surface area contributed by atoms with Crippen LogP contribution in [0.5, 0.6) is 11.5 Å². The van der Waals surface area contributed by atoms with E-state index in [4.69, 9.17) is 28.4 Å². The lowest BCUT2D eigenvalue weighted by atomic mass is 9.92. The Bertz CT molecular complexity index is 749. The zero-order valence-corrected chi connectivity index (χ0v) is 15.6. The van der Waals surface area contributed by atoms with Gasteiger partial charge in [-0.15, -0.1) is 0 Å². The van der Waals surface area contributed by atoms with Crippen molar-refractivity contribution in [1.29, 1.82) is 0 Å². The maximum absolute atomic E-state index is 6.29. The van der Waals surface area contributed by atoms with Gasteiger partial charge in [-0.3, -0.25) is 0 Å². The van der Waals surface area contributed by atoms with Crippen molar-refractivity contribution in [1.82, 2.24) is 0 Å². The standard InChI is InChI=1S/C20H24O6/c1-21-13-9-16(23-3)14-11-19(25-5)20(26-17(14)10-13)12-6-7-15(22-2)18(8-12)24-4/h6-11,16,19-20H,1-5H3/t16?,19-,20+/m0/s1. The largest absolute Gasteiger partial charge is 0.497 e. The molecule has 140 valence electrons. The lowest BCUT2D eigenvalue weighted by molar-refractivity contribution is -0.0188. The predicted octanol–water partition coefficient (Wildman–Crippen LogP) is 3.16. The molecule has 2 aliphatic rings. The molecule has 6 nitrogen and oxygen atoms in total. The van der Waals surface area contributed by atoms with Gasteiger partial charge in [-0.05, 0) is 29.8 Å². The predicted molar refractivity (Wildman–Crippen MR) is 96.2 cm³/mol. The molecule has 1 aliphatic carbocycles. The monoisotopic (exact) mass is 360 g/mol. The molecule has 0 saturated heterocycles. The van der Waals surface area contributed by atoms with Gasteiger partial charge in [0.2, 0.25) is 0 Å². The highest BCUT2D eigenvalue weighted by molar-refractivity contribution is 5.48. The molecule has 0 spiro atoms. The molecule has 3 rings (SSSR count). The number of fused-ring (bicyclic) bond motifs is 1. The van der Waals surface area contributed by atoms with Gasteiger partial charge < -0.3 is 28.4 Å². The average molecular weight is 360 g/mol. The van der Waals surface area contributed by atoms with E-state index in [1.807, 2.05) is 36.4 Å². The quantitative estimate of drug-likeness (QED) is 0.777. The van der Waals surface area contributed by atoms with Crippen molar-refractivity contribution in [2.24, 2.45) is 0 Å². The topological polar surface area (TPSA) is 55.4 Å². The average Bonchev–Trinajstić information content (AvgIpc) is 2.71. The van der Waals surface area contributed by atoms with E-state index in [2.05, 4.69) is 0 Å². The van der Waals surface area contributed by atoms with Crippen LogP contribution in [0.25, 0.3) is 0 Å². The van der Waals surface area contributed by atoms with Crippen LogP contribution in [0, 0.1) is 0 Å². The third-order valence-corrected chi connectivity index (χ3v) is 4.57. The van der Waals surface area contributed by atoms with Crippen LogP contribution < -0.4 is 9.47 Å². The Morgan fingerprint density at radius 3 is 2.23 bits per heavy atom. The summed E-state index contributed by atoms with van der Waals surface area (Å²) in [6, 6.07) is 5.71. The maximum Gasteiger partial charge on any atom is 0.161 e. The van der Waals surface area contributed by atoms with Crippen LogP contribution >= 0.6 is 0 Å². The van der Waals surface area contributed by atoms with Crippen LogP contribution in [-0.2, 0) is 18.9 Å². The van der Waals surface area contributed by atoms with Crippen LogP contribution in [0.4, 0.5) is 0 Å². The number of rotatable bonds is 6. The first-order valence-electron chi connectivity index (χ1n) is 8.28. The Morgan fingerprint density at radius 2 is 1.62 bits per heavy atom. The highest BCUT2D eigenvalue weighted by Gasteiger charge is 2.35. The summed E-state index contributed by atoms with van der Waals surface area (Å²) >= 11 is 0. The molecular formula is C20H24O6. The summed E-state index contributed by atoms with van der Waals surface area (Å²) in [5.41, 5.74) is 1.85. The molecule has 1 aliphatic heterocycles. The second-order valence-electron chi connectivity index (χ2n) is 5.91. The Balaban J connectivity index is 2.00. The van der Waals surface area contributed by atoms with E-state index < -0.39 is 0 Å². The summed E-state index contributed by atoms with van der Waals surface area (Å²) in [5, 5.41) is 0. The van der Waals surface area contributed by atoms with Gasteiger partial charge in [-0.25, -0.2) is 0 Å². The summed E-state index contributed by atoms with van der Waals surface area (Å²) in [5.74, 6) is 2.72. The van der Waals surface area contributed by atoms with Crippen molar-refractivity contribution in [2.75, 3.05) is 35.5 Å². The van der Waals surface area contributed by atoms with Crippen molar-refractivity contribution >= 4 is 0 Å². The lowest BCUT2D eigenvalue weighted by Crippen LogP contribution is -2.31. The van der Waals surface area contributed by atoms with E-state index in [1.165, 1.54) is 0 Å². The molecule has 26 heavy (non-hydrogen) atoms. The fraction of sp³-hybridized carbons (Fsp3) is 0.400. The third-order valence-electron chi connectivity index (χ3n) is 4.57. The fourth-order valence-electron chi connectivity index (χ4n) is 3.19. The van der Waals surface area contributed by atoms with Gasteiger partial charge in [0.25, 0.3) is 0 Å². The Labute approximate surface area is 153 Å². The lowest BCUT2D eigenvalue weighted by Gasteiger charge is -2.35. The second kappa shape index (κ2) is 7.85. The number of hydrogen-bond donors (Lipinski definition) is 0. The first-order chi connectivity index (χ1) is 12.6. The van der Waals surface area contributed by atoms with E-state index in [0.717, 1.165) is 11.1 Å². The van der Waals surface area contributed by atoms with E-state index in [1.54, 1.807) is 35.5 Å². The van der Waals surface area contributed by atoms with Gasteiger partial charge in [0.05, 0.1) is 21.3 Å². The van der Waals surface area contributed by atoms with Crippen LogP contribution in [0.1, 0.15) is 11.7 Å². The zero-order chi connectivity index (χ0) is 18.7. The molecular weight excluding hydrogens is 336 g/mol. The molecule has 0 saturated carbocycles. The minimum atomic E-state index is -0.330. The number of hydrogen-bond acceptors (Lipinski definition) is 6. The molecule has 0 aromatic heterocycles. The molecule has 0 amide bonds. The molecule has 1 heterocycles. The third kappa shape index (κ3) is 3.30. The van der Waals surface area contributed by atoms with Gasteiger partial charge in [0.15, 0.2) is 17.6 Å². The number of allylic oxidation sites excluding steroid dienone is 1. The summed E-state index contributed by atoms with van der Waals surface area (Å²) in [4.78, 5) is 0. The first kappa shape index (κ1) is 18.4. The molecule has 1 unspecified atom stereocenters. The zero-order valence-electron chi connectivity index (χ0n) is 15.6. The Morgan fingerprint density at radius 1 is 0.846 bits per heavy atom. The fourth-order valence-corrected chi connectivity index (χ4v) is 3.19. The maximum atomic E-state index is 6.29. The smallest absolute Gasteiger partial charge is 0.161 e. The van der Waals surface area contributed by atoms with Gasteiger partial charge in [0.1, 0.15) is 23.7 Å². The van der Waals surface area contributed by atoms with E-state index in [0.29, 0.717) is 23.0 Å². The van der Waals surface area contributed by atoms with E-state index >= 15 is 0 Å². The van der Waals surface area contributed by atoms with Crippen LogP contribution in [0.2, 0.25) is 0 Å². The van der Waals surface area contributed by atoms with E-state index in [-0.39, 0.29) is 18.3 Å². The van der Waals surface area contributed by atoms with Crippen molar-refractivity contribution in [2.45, 2.75) is 18.3 Å². The van der Waals surface area contributed by atoms with Crippen LogP contribution in [-0.4, -0.2) is 47.8 Å². The Hall–Kier alpha value is -2.44. The molecule has 3 atom stereocenters. The van der Waals surface area contributed by atoms with Crippen molar-refractivity contribution in [3.63, 3.8) is 0 Å². The SMILES string of the molecule is COC1=CC(OC)C2=C[C@H](OC)[C@@H](c3ccc(OC)c(OC)c3)OC2=C1. The number of ether oxygens (including phenoxy) is 6. The first-order valence-corrected chi connectivity index (χ1v) is 8.28. The summed E-state index contributed by atoms with van der Waals surface area (Å²) < 4.78 is 33.6. The van der Waals surface area contributed by atoms with Crippen LogP contribution in [0.15, 0.2) is 53.5 Å². The van der Waals surface area contributed by atoms with Gasteiger partial charge in [0, 0.05) is 25.9 Å². The summed E-state index contributed by atoms with van der Waals surface area (Å²) in [6.45, 7) is 0. The molecule has 0 N–H and O–H groups in total. The molecule has 1 aromatic rings. The van der Waals surface area contributed by atoms with Gasteiger partial charge in [-0.1, -0.05) is 6.07 Å². The molecule has 0 bridgehead atoms. The molecule has 1 aromatic carbocycles. The van der Waals surface area contributed by atoms with Crippen molar-refractivity contribution in [3.05, 3.63) is 59.1 Å². The minimum Gasteiger partial charge on any atom is -0.497 e. The molecule has 0 radical (unpaired) electrons. The van der Waals surface area contributed by atoms with E-state index in [9.17, 15) is 0 Å². The second-order valence-corrected chi connectivity index (χ2v) is 5.91. The van der Waals surface area contributed by atoms with Gasteiger partial charge in [-0.2, -0.15) is 0 Å². The highest BCUT2D eigenvalue weighted by Crippen LogP contribution is 2.41. The molecule has 6 heteroatoms. The number of methoxy groups -OCH3 is 5. The van der Waals surface area contributed by atoms with Crippen molar-refractivity contribution in [3.8, 4) is 11.5 Å². The molecule has 0 fully saturated rings. The summed E-state index contributed by atoms with van der Waals surface area (Å²) in [7, 11) is 8.15. The Kier molecular flexibility index (Phi) is 5.54. The minimum absolute atomic E-state index is 0.242. The van der Waals surface area contributed by atoms with Crippen LogP contribution in [0.3, 0.4) is 0 Å². The number of benzene rings is 1. The van der Waals surface area contributed by atoms with Gasteiger partial charge >= 0.3 is 0 Å². The normalized spacial score (nSPS) is 24.5. The summed E-state index contributed by atoms with van der Waals surface area (Å²) in [6.07, 6.45) is 4.96.